The Balaban J connectivity index is 1.68. The van der Waals surface area contributed by atoms with E-state index in [1.165, 1.54) is 12.8 Å². The first kappa shape index (κ1) is 22.4. The summed E-state index contributed by atoms with van der Waals surface area (Å²) in [5.41, 5.74) is 9.33. The first-order valence-electron chi connectivity index (χ1n) is 12.0. The van der Waals surface area contributed by atoms with Crippen LogP contribution in [-0.2, 0) is 28.3 Å². The molecule has 0 bridgehead atoms. The third-order valence-electron chi connectivity index (χ3n) is 7.08. The molecule has 2 aliphatic rings. The van der Waals surface area contributed by atoms with Crippen LogP contribution in [0.5, 0.6) is 0 Å². The summed E-state index contributed by atoms with van der Waals surface area (Å²) in [6, 6.07) is 7.37. The van der Waals surface area contributed by atoms with Crippen LogP contribution in [0.1, 0.15) is 62.6 Å². The van der Waals surface area contributed by atoms with Gasteiger partial charge in [-0.25, -0.2) is 9.78 Å². The molecule has 4 heterocycles. The van der Waals surface area contributed by atoms with Crippen LogP contribution < -0.4 is 16.6 Å². The fraction of sp³-hybridized carbons (Fsp3) is 0.423. The molecule has 0 aliphatic carbocycles. The zero-order valence-corrected chi connectivity index (χ0v) is 19.6. The van der Waals surface area contributed by atoms with Gasteiger partial charge in [0.05, 0.1) is 34.7 Å². The van der Waals surface area contributed by atoms with E-state index in [-0.39, 0.29) is 18.6 Å². The van der Waals surface area contributed by atoms with Gasteiger partial charge >= 0.3 is 5.97 Å². The van der Waals surface area contributed by atoms with E-state index in [0.717, 1.165) is 41.5 Å². The predicted molar refractivity (Wildman–Crippen MR) is 132 cm³/mol. The number of carbonyl (C=O) groups excluding carboxylic acids is 1. The molecule has 178 valence electrons. The Hall–Kier alpha value is -3.39. The molecule has 1 aromatic carbocycles. The van der Waals surface area contributed by atoms with Gasteiger partial charge in [0.15, 0.2) is 5.60 Å². The Bertz CT molecular complexity index is 1360. The highest BCUT2D eigenvalue weighted by Gasteiger charge is 2.45. The number of esters is 1. The molecule has 0 amide bonds. The van der Waals surface area contributed by atoms with Gasteiger partial charge in [-0.2, -0.15) is 0 Å². The van der Waals surface area contributed by atoms with E-state index < -0.39 is 11.6 Å². The van der Waals surface area contributed by atoms with Crippen LogP contribution in [0.3, 0.4) is 0 Å². The lowest BCUT2D eigenvalue weighted by atomic mass is 9.86. The summed E-state index contributed by atoms with van der Waals surface area (Å²) in [5.74, 6) is -0.723. The van der Waals surface area contributed by atoms with Crippen molar-refractivity contribution in [3.05, 3.63) is 51.3 Å². The van der Waals surface area contributed by atoms with Gasteiger partial charge in [0.25, 0.3) is 5.56 Å². The van der Waals surface area contributed by atoms with Crippen LogP contribution >= 0.6 is 0 Å². The number of nitrogens with one attached hydrogen (secondary N) is 1. The SMILES string of the molecule is CCCCCCNc1c2c(nc3cccc(N)c13)-c1cc3c(c(=O)n1C2)COC(=O)[C@]3(O)CC. The van der Waals surface area contributed by atoms with Crippen molar-refractivity contribution in [1.29, 1.82) is 0 Å². The molecule has 0 spiro atoms. The van der Waals surface area contributed by atoms with Crippen molar-refractivity contribution in [2.24, 2.45) is 0 Å². The molecule has 4 N–H and O–H groups in total. The van der Waals surface area contributed by atoms with Gasteiger partial charge < -0.3 is 25.5 Å². The molecule has 0 fully saturated rings. The molecule has 34 heavy (non-hydrogen) atoms. The number of nitrogens with two attached hydrogens (primary N) is 1. The molecule has 8 nitrogen and oxygen atoms in total. The second-order valence-corrected chi connectivity index (χ2v) is 9.15. The third kappa shape index (κ3) is 3.27. The maximum Gasteiger partial charge on any atom is 0.343 e. The lowest BCUT2D eigenvalue weighted by molar-refractivity contribution is -0.172. The molecule has 0 saturated heterocycles. The van der Waals surface area contributed by atoms with Gasteiger partial charge in [-0.05, 0) is 31.0 Å². The van der Waals surface area contributed by atoms with Gasteiger partial charge in [0.2, 0.25) is 0 Å². The number of unbranched alkanes of at least 4 members (excludes halogenated alkanes) is 3. The van der Waals surface area contributed by atoms with Crippen molar-refractivity contribution in [1.82, 2.24) is 9.55 Å². The van der Waals surface area contributed by atoms with Crippen molar-refractivity contribution < 1.29 is 14.6 Å². The van der Waals surface area contributed by atoms with Gasteiger partial charge in [-0.3, -0.25) is 4.79 Å². The second-order valence-electron chi connectivity index (χ2n) is 9.15. The first-order valence-corrected chi connectivity index (χ1v) is 12.0. The maximum atomic E-state index is 13.5. The van der Waals surface area contributed by atoms with E-state index in [2.05, 4.69) is 12.2 Å². The Morgan fingerprint density at radius 2 is 2.03 bits per heavy atom. The Morgan fingerprint density at radius 1 is 1.21 bits per heavy atom. The lowest BCUT2D eigenvalue weighted by Crippen LogP contribution is -2.44. The van der Waals surface area contributed by atoms with E-state index in [0.29, 0.717) is 34.7 Å². The highest BCUT2D eigenvalue weighted by atomic mass is 16.6. The number of fused-ring (bicyclic) bond motifs is 5. The summed E-state index contributed by atoms with van der Waals surface area (Å²) in [7, 11) is 0. The minimum atomic E-state index is -1.84. The summed E-state index contributed by atoms with van der Waals surface area (Å²) in [4.78, 5) is 30.8. The number of benzene rings is 1. The number of hydrogen-bond donors (Lipinski definition) is 3. The molecule has 2 aromatic heterocycles. The maximum absolute atomic E-state index is 13.5. The zero-order valence-electron chi connectivity index (χ0n) is 19.6. The molecule has 5 rings (SSSR count). The van der Waals surface area contributed by atoms with E-state index >= 15 is 0 Å². The number of nitrogens with zero attached hydrogens (tertiary/aromatic N) is 2. The van der Waals surface area contributed by atoms with Crippen molar-refractivity contribution in [3.63, 3.8) is 0 Å². The lowest BCUT2D eigenvalue weighted by Gasteiger charge is -2.31. The predicted octanol–water partition coefficient (Wildman–Crippen LogP) is 3.65. The molecule has 0 radical (unpaired) electrons. The molecule has 8 heteroatoms. The molecule has 0 saturated carbocycles. The van der Waals surface area contributed by atoms with Crippen molar-refractivity contribution >= 4 is 28.2 Å². The molecule has 3 aromatic rings. The zero-order chi connectivity index (χ0) is 24.0. The van der Waals surface area contributed by atoms with Crippen LogP contribution in [0.15, 0.2) is 29.1 Å². The first-order chi connectivity index (χ1) is 16.4. The minimum Gasteiger partial charge on any atom is -0.458 e. The summed E-state index contributed by atoms with van der Waals surface area (Å²) in [6.45, 7) is 4.87. The quantitative estimate of drug-likeness (QED) is 0.218. The summed E-state index contributed by atoms with van der Waals surface area (Å²) in [6.07, 6.45) is 4.64. The molecule has 2 aliphatic heterocycles. The molecular weight excluding hydrogens is 432 g/mol. The van der Waals surface area contributed by atoms with E-state index in [9.17, 15) is 14.7 Å². The number of anilines is 2. The summed E-state index contributed by atoms with van der Waals surface area (Å²) in [5, 5.41) is 15.5. The Morgan fingerprint density at radius 3 is 2.79 bits per heavy atom. The van der Waals surface area contributed by atoms with Crippen LogP contribution in [0.25, 0.3) is 22.3 Å². The average molecular weight is 463 g/mol. The third-order valence-corrected chi connectivity index (χ3v) is 7.08. The fourth-order valence-electron chi connectivity index (χ4n) is 5.12. The number of hydrogen-bond acceptors (Lipinski definition) is 7. The number of carbonyl (C=O) groups is 1. The number of rotatable bonds is 7. The smallest absolute Gasteiger partial charge is 0.343 e. The highest BCUT2D eigenvalue weighted by molar-refractivity contribution is 6.04. The number of cyclic esters (lactones) is 1. The molecule has 0 unspecified atom stereocenters. The Labute approximate surface area is 197 Å². The van der Waals surface area contributed by atoms with Crippen LogP contribution in [-0.4, -0.2) is 27.2 Å². The number of nitrogen functional groups attached to an aromatic ring is 1. The van der Waals surface area contributed by atoms with Crippen LogP contribution in [0.2, 0.25) is 0 Å². The fourth-order valence-corrected chi connectivity index (χ4v) is 5.12. The summed E-state index contributed by atoms with van der Waals surface area (Å²) < 4.78 is 6.83. The van der Waals surface area contributed by atoms with Crippen LogP contribution in [0.4, 0.5) is 11.4 Å². The largest absolute Gasteiger partial charge is 0.458 e. The number of aliphatic hydroxyl groups is 1. The Kier molecular flexibility index (Phi) is 5.56. The van der Waals surface area contributed by atoms with Crippen molar-refractivity contribution in [2.75, 3.05) is 17.6 Å². The summed E-state index contributed by atoms with van der Waals surface area (Å²) >= 11 is 0. The molecule has 1 atom stereocenters. The van der Waals surface area contributed by atoms with Crippen LogP contribution in [0, 0.1) is 0 Å². The van der Waals surface area contributed by atoms with E-state index in [1.54, 1.807) is 17.6 Å². The van der Waals surface area contributed by atoms with Gasteiger partial charge in [-0.15, -0.1) is 0 Å². The number of pyridine rings is 2. The van der Waals surface area contributed by atoms with Gasteiger partial charge in [0, 0.05) is 28.7 Å². The molecular formula is C26H30N4O4. The monoisotopic (exact) mass is 462 g/mol. The second kappa shape index (κ2) is 8.43. The number of ether oxygens (including phenoxy) is 1. The van der Waals surface area contributed by atoms with Crippen molar-refractivity contribution in [3.8, 4) is 11.4 Å². The van der Waals surface area contributed by atoms with E-state index in [1.807, 2.05) is 18.2 Å². The minimum absolute atomic E-state index is 0.112. The topological polar surface area (TPSA) is 119 Å². The van der Waals surface area contributed by atoms with Gasteiger partial charge in [-0.1, -0.05) is 39.2 Å². The number of aromatic nitrogens is 2. The van der Waals surface area contributed by atoms with E-state index in [4.69, 9.17) is 15.5 Å². The average Bonchev–Trinajstić information content (AvgIpc) is 3.20. The standard InChI is InChI=1S/C26H30N4O4/c1-3-5-6-7-11-28-23-15-13-30-20(22(15)29-19-10-8-9-18(27)21(19)23)12-17-16(24(30)31)14-34-25(32)26(17,33)4-2/h8-10,12,33H,3-7,11,13-14,27H2,1-2H3,(H,28,29)/t26-/m0/s1. The van der Waals surface area contributed by atoms with Gasteiger partial charge in [0.1, 0.15) is 6.61 Å². The highest BCUT2D eigenvalue weighted by Crippen LogP contribution is 2.43. The van der Waals surface area contributed by atoms with Crippen molar-refractivity contribution in [2.45, 2.75) is 64.7 Å². The normalized spacial score (nSPS) is 18.4.